The molecule has 0 saturated carbocycles. The lowest BCUT2D eigenvalue weighted by Crippen LogP contribution is -2.15. The number of rotatable bonds is 6. The van der Waals surface area contributed by atoms with Gasteiger partial charge in [-0.25, -0.2) is 0 Å². The maximum atomic E-state index is 12.6. The van der Waals surface area contributed by atoms with Gasteiger partial charge >= 0.3 is 0 Å². The number of nitrogens with zero attached hydrogens (tertiary/aromatic N) is 3. The van der Waals surface area contributed by atoms with Crippen LogP contribution in [0.25, 0.3) is 6.08 Å². The minimum absolute atomic E-state index is 0.0998. The number of hydrogen-bond donors (Lipinski definition) is 1. The predicted octanol–water partition coefficient (Wildman–Crippen LogP) is 4.44. The van der Waals surface area contributed by atoms with Crippen LogP contribution < -0.4 is 10.2 Å². The quantitative estimate of drug-likeness (QED) is 0.609. The second kappa shape index (κ2) is 8.59. The Morgan fingerprint density at radius 1 is 1.26 bits per heavy atom. The summed E-state index contributed by atoms with van der Waals surface area (Å²) in [7, 11) is 3.94. The molecule has 0 atom stereocenters. The fourth-order valence-corrected chi connectivity index (χ4v) is 3.10. The molecular formula is C22H28N4O. The minimum Gasteiger partial charge on any atom is -0.378 e. The van der Waals surface area contributed by atoms with Crippen LogP contribution in [0.5, 0.6) is 0 Å². The lowest BCUT2D eigenvalue weighted by Gasteiger charge is -2.15. The topological polar surface area (TPSA) is 61.1 Å². The molecule has 27 heavy (non-hydrogen) atoms. The van der Waals surface area contributed by atoms with Gasteiger partial charge in [0.2, 0.25) is 0 Å². The molecule has 5 heteroatoms. The average Bonchev–Trinajstić information content (AvgIpc) is 2.88. The summed E-state index contributed by atoms with van der Waals surface area (Å²) < 4.78 is 2.21. The molecule has 1 amide bonds. The number of aromatic nitrogens is 1. The third-order valence-corrected chi connectivity index (χ3v) is 4.70. The first-order valence-electron chi connectivity index (χ1n) is 9.16. The van der Waals surface area contributed by atoms with Crippen molar-refractivity contribution in [2.75, 3.05) is 24.3 Å². The van der Waals surface area contributed by atoms with Crippen molar-refractivity contribution in [2.24, 2.45) is 0 Å². The molecule has 2 aromatic rings. The van der Waals surface area contributed by atoms with Gasteiger partial charge in [0, 0.05) is 43.4 Å². The Kier molecular flexibility index (Phi) is 6.46. The highest BCUT2D eigenvalue weighted by Gasteiger charge is 2.14. The molecule has 1 heterocycles. The van der Waals surface area contributed by atoms with Gasteiger partial charge < -0.3 is 14.8 Å². The summed E-state index contributed by atoms with van der Waals surface area (Å²) in [4.78, 5) is 14.6. The van der Waals surface area contributed by atoms with E-state index < -0.39 is 5.91 Å². The molecule has 0 fully saturated rings. The Balaban J connectivity index is 2.28. The van der Waals surface area contributed by atoms with Gasteiger partial charge in [-0.05, 0) is 68.7 Å². The number of benzene rings is 1. The smallest absolute Gasteiger partial charge is 0.266 e. The van der Waals surface area contributed by atoms with Gasteiger partial charge in [-0.3, -0.25) is 4.79 Å². The maximum Gasteiger partial charge on any atom is 0.266 e. The number of carbonyl (C=O) groups excluding carboxylic acids is 1. The van der Waals surface area contributed by atoms with E-state index in [2.05, 4.69) is 16.8 Å². The molecular weight excluding hydrogens is 336 g/mol. The standard InChI is InChI=1S/C22H28N4O/c1-7-10-26-16(3)12-18(17(26)4)13-19(14-23)22(27)24-21-9-8-20(25(5)6)11-15(21)2/h8-9,11-13H,7,10H2,1-6H3,(H,24,27)/b19-13-. The van der Waals surface area contributed by atoms with Crippen LogP contribution in [0.15, 0.2) is 29.8 Å². The summed E-state index contributed by atoms with van der Waals surface area (Å²) >= 11 is 0. The minimum atomic E-state index is -0.390. The molecule has 0 unspecified atom stereocenters. The largest absolute Gasteiger partial charge is 0.378 e. The van der Waals surface area contributed by atoms with Gasteiger partial charge in [-0.15, -0.1) is 0 Å². The van der Waals surface area contributed by atoms with Crippen LogP contribution in [0, 0.1) is 32.1 Å². The summed E-state index contributed by atoms with van der Waals surface area (Å²) in [5, 5.41) is 12.4. The van der Waals surface area contributed by atoms with E-state index in [1.807, 2.05) is 70.1 Å². The normalized spacial score (nSPS) is 11.2. The van der Waals surface area contributed by atoms with E-state index in [0.29, 0.717) is 5.69 Å². The zero-order chi connectivity index (χ0) is 20.1. The van der Waals surface area contributed by atoms with Gasteiger partial charge in [0.15, 0.2) is 0 Å². The van der Waals surface area contributed by atoms with Crippen LogP contribution in [-0.4, -0.2) is 24.6 Å². The summed E-state index contributed by atoms with van der Waals surface area (Å²) in [6.45, 7) is 9.06. The Morgan fingerprint density at radius 2 is 1.96 bits per heavy atom. The molecule has 2 rings (SSSR count). The first kappa shape index (κ1) is 20.3. The van der Waals surface area contributed by atoms with Crippen LogP contribution in [0.4, 0.5) is 11.4 Å². The van der Waals surface area contributed by atoms with Gasteiger partial charge in [0.05, 0.1) is 0 Å². The van der Waals surface area contributed by atoms with Crippen molar-refractivity contribution in [3.8, 4) is 6.07 Å². The van der Waals surface area contributed by atoms with Gasteiger partial charge in [-0.2, -0.15) is 5.26 Å². The molecule has 1 aromatic heterocycles. The van der Waals surface area contributed by atoms with Crippen molar-refractivity contribution in [3.05, 3.63) is 52.4 Å². The average molecular weight is 364 g/mol. The number of carbonyl (C=O) groups is 1. The predicted molar refractivity (Wildman–Crippen MR) is 112 cm³/mol. The van der Waals surface area contributed by atoms with Crippen molar-refractivity contribution in [3.63, 3.8) is 0 Å². The highest BCUT2D eigenvalue weighted by Crippen LogP contribution is 2.23. The van der Waals surface area contributed by atoms with Crippen molar-refractivity contribution in [1.29, 1.82) is 5.26 Å². The second-order valence-corrected chi connectivity index (χ2v) is 7.00. The molecule has 0 aliphatic carbocycles. The van der Waals surface area contributed by atoms with Crippen LogP contribution in [0.3, 0.4) is 0 Å². The van der Waals surface area contributed by atoms with E-state index in [-0.39, 0.29) is 5.57 Å². The van der Waals surface area contributed by atoms with Crippen LogP contribution >= 0.6 is 0 Å². The first-order valence-corrected chi connectivity index (χ1v) is 9.16. The molecule has 0 spiro atoms. The summed E-state index contributed by atoms with van der Waals surface area (Å²) in [6.07, 6.45) is 2.71. The van der Waals surface area contributed by atoms with Crippen LogP contribution in [0.1, 0.15) is 35.9 Å². The molecule has 5 nitrogen and oxygen atoms in total. The molecule has 1 N–H and O–H groups in total. The third-order valence-electron chi connectivity index (χ3n) is 4.70. The van der Waals surface area contributed by atoms with Crippen molar-refractivity contribution < 1.29 is 4.79 Å². The number of amides is 1. The number of aryl methyl sites for hydroxylation is 2. The van der Waals surface area contributed by atoms with Crippen LogP contribution in [0.2, 0.25) is 0 Å². The van der Waals surface area contributed by atoms with Gasteiger partial charge in [-0.1, -0.05) is 6.92 Å². The lowest BCUT2D eigenvalue weighted by molar-refractivity contribution is -0.112. The van der Waals surface area contributed by atoms with Gasteiger partial charge in [0.1, 0.15) is 11.6 Å². The molecule has 142 valence electrons. The number of nitriles is 1. The second-order valence-electron chi connectivity index (χ2n) is 7.00. The first-order chi connectivity index (χ1) is 12.8. The molecule has 0 aliphatic rings. The zero-order valence-corrected chi connectivity index (χ0v) is 17.1. The lowest BCUT2D eigenvalue weighted by atomic mass is 10.1. The number of nitrogens with one attached hydrogen (secondary N) is 1. The van der Waals surface area contributed by atoms with E-state index in [4.69, 9.17) is 0 Å². The highest BCUT2D eigenvalue weighted by molar-refractivity contribution is 6.10. The van der Waals surface area contributed by atoms with E-state index >= 15 is 0 Å². The van der Waals surface area contributed by atoms with E-state index in [1.54, 1.807) is 6.08 Å². The SMILES string of the molecule is CCCn1c(C)cc(/C=C(/C#N)C(=O)Nc2ccc(N(C)C)cc2C)c1C. The zero-order valence-electron chi connectivity index (χ0n) is 17.1. The Hall–Kier alpha value is -3.00. The Bertz CT molecular complexity index is 913. The van der Waals surface area contributed by atoms with Crippen molar-refractivity contribution in [1.82, 2.24) is 4.57 Å². The summed E-state index contributed by atoms with van der Waals surface area (Å²) in [6, 6.07) is 9.87. The van der Waals surface area contributed by atoms with E-state index in [9.17, 15) is 10.1 Å². The molecule has 1 aromatic carbocycles. The molecule has 0 bridgehead atoms. The fourth-order valence-electron chi connectivity index (χ4n) is 3.10. The number of anilines is 2. The van der Waals surface area contributed by atoms with E-state index in [1.165, 1.54) is 0 Å². The highest BCUT2D eigenvalue weighted by atomic mass is 16.1. The summed E-state index contributed by atoms with van der Waals surface area (Å²) in [5.41, 5.74) is 5.94. The van der Waals surface area contributed by atoms with Gasteiger partial charge in [0.25, 0.3) is 5.91 Å². The molecule has 0 aliphatic heterocycles. The molecule has 0 radical (unpaired) electrons. The third kappa shape index (κ3) is 4.59. The van der Waals surface area contributed by atoms with E-state index in [0.717, 1.165) is 41.2 Å². The van der Waals surface area contributed by atoms with Crippen LogP contribution in [-0.2, 0) is 11.3 Å². The fraction of sp³-hybridized carbons (Fsp3) is 0.364. The summed E-state index contributed by atoms with van der Waals surface area (Å²) in [5.74, 6) is -0.390. The maximum absolute atomic E-state index is 12.6. The number of hydrogen-bond acceptors (Lipinski definition) is 3. The molecule has 0 saturated heterocycles. The monoisotopic (exact) mass is 364 g/mol. The van der Waals surface area contributed by atoms with Crippen molar-refractivity contribution in [2.45, 2.75) is 40.7 Å². The Morgan fingerprint density at radius 3 is 2.52 bits per heavy atom. The van der Waals surface area contributed by atoms with Crippen molar-refractivity contribution >= 4 is 23.4 Å². The Labute approximate surface area is 161 Å².